The van der Waals surface area contributed by atoms with Gasteiger partial charge < -0.3 is 14.9 Å². The number of carbonyl (C=O) groups is 1. The van der Waals surface area contributed by atoms with Gasteiger partial charge in [0, 0.05) is 0 Å². The molecule has 4 nitrogen and oxygen atoms in total. The number of aromatic hydroxyl groups is 1. The van der Waals surface area contributed by atoms with Crippen molar-refractivity contribution in [2.75, 3.05) is 0 Å². The fraction of sp³-hybridized carbons (Fsp3) is 0.182. The Morgan fingerprint density at radius 2 is 2.06 bits per heavy atom. The van der Waals surface area contributed by atoms with Gasteiger partial charge in [0.1, 0.15) is 17.9 Å². The van der Waals surface area contributed by atoms with Crippen molar-refractivity contribution in [3.8, 4) is 23.3 Å². The van der Waals surface area contributed by atoms with Crippen molar-refractivity contribution in [3.05, 3.63) is 23.8 Å². The molecule has 1 aromatic carbocycles. The Balaban J connectivity index is 3.03. The highest BCUT2D eigenvalue weighted by Gasteiger charge is 2.32. The number of carboxylic acids is 1. The average Bonchev–Trinajstić information content (AvgIpc) is 2.19. The summed E-state index contributed by atoms with van der Waals surface area (Å²) >= 11 is 0. The summed E-state index contributed by atoms with van der Waals surface area (Å²) in [5, 5.41) is 17.5. The maximum Gasteiger partial charge on any atom is 0.573 e. The molecular weight excluding hydrogens is 253 g/mol. The largest absolute Gasteiger partial charge is 0.573 e. The normalized spacial score (nSPS) is 10.4. The number of benzene rings is 1. The van der Waals surface area contributed by atoms with Gasteiger partial charge in [-0.05, 0) is 18.2 Å². The number of phenols is 1. The summed E-state index contributed by atoms with van der Waals surface area (Å²) in [5.74, 6) is 2.23. The van der Waals surface area contributed by atoms with Gasteiger partial charge in [-0.15, -0.1) is 13.2 Å². The Bertz CT molecular complexity index is 511. The standard InChI is InChI=1S/C11H7F3O4/c12-11(13,14)18-9-5-4-8(15)6-7(9)2-1-3-10(16)17/h4-6,15H,3H2,(H,16,17). The fourth-order valence-electron chi connectivity index (χ4n) is 1.04. The topological polar surface area (TPSA) is 66.8 Å². The summed E-state index contributed by atoms with van der Waals surface area (Å²) in [6, 6.07) is 2.85. The molecule has 0 aromatic heterocycles. The number of phenolic OH excluding ortho intramolecular Hbond substituents is 1. The SMILES string of the molecule is O=C(O)CC#Cc1cc(O)ccc1OC(F)(F)F. The van der Waals surface area contributed by atoms with Crippen LogP contribution in [0, 0.1) is 11.8 Å². The molecule has 0 atom stereocenters. The van der Waals surface area contributed by atoms with E-state index in [9.17, 15) is 18.0 Å². The van der Waals surface area contributed by atoms with Crippen molar-refractivity contribution < 1.29 is 32.9 Å². The van der Waals surface area contributed by atoms with Crippen molar-refractivity contribution in [2.24, 2.45) is 0 Å². The highest BCUT2D eigenvalue weighted by Crippen LogP contribution is 2.28. The zero-order valence-electron chi connectivity index (χ0n) is 8.78. The fourth-order valence-corrected chi connectivity index (χ4v) is 1.04. The van der Waals surface area contributed by atoms with Crippen molar-refractivity contribution >= 4 is 5.97 Å². The zero-order chi connectivity index (χ0) is 13.8. The second-order valence-corrected chi connectivity index (χ2v) is 3.10. The van der Waals surface area contributed by atoms with E-state index in [1.165, 1.54) is 0 Å². The first-order valence-electron chi connectivity index (χ1n) is 4.57. The minimum Gasteiger partial charge on any atom is -0.508 e. The Kier molecular flexibility index (Phi) is 4.05. The third-order valence-corrected chi connectivity index (χ3v) is 1.65. The number of aliphatic carboxylic acids is 1. The number of carboxylic acid groups (broad SMARTS) is 1. The molecule has 0 spiro atoms. The number of ether oxygens (including phenoxy) is 1. The van der Waals surface area contributed by atoms with Gasteiger partial charge in [0.25, 0.3) is 0 Å². The van der Waals surface area contributed by atoms with E-state index in [0.29, 0.717) is 0 Å². The molecule has 96 valence electrons. The first-order chi connectivity index (χ1) is 8.28. The van der Waals surface area contributed by atoms with E-state index in [2.05, 4.69) is 16.6 Å². The van der Waals surface area contributed by atoms with Crippen LogP contribution in [0.2, 0.25) is 0 Å². The van der Waals surface area contributed by atoms with Gasteiger partial charge in [0.2, 0.25) is 0 Å². The minimum atomic E-state index is -4.89. The predicted molar refractivity (Wildman–Crippen MR) is 53.9 cm³/mol. The van der Waals surface area contributed by atoms with E-state index in [4.69, 9.17) is 10.2 Å². The van der Waals surface area contributed by atoms with Gasteiger partial charge in [-0.25, -0.2) is 0 Å². The molecular formula is C11H7F3O4. The molecule has 0 bridgehead atoms. The predicted octanol–water partition coefficient (Wildman–Crippen LogP) is 2.12. The number of hydrogen-bond donors (Lipinski definition) is 2. The second kappa shape index (κ2) is 5.31. The molecule has 0 aliphatic rings. The summed E-state index contributed by atoms with van der Waals surface area (Å²) in [5.41, 5.74) is -0.242. The Hall–Kier alpha value is -2.36. The lowest BCUT2D eigenvalue weighted by Gasteiger charge is -2.10. The average molecular weight is 260 g/mol. The van der Waals surface area contributed by atoms with Crippen LogP contribution in [0.1, 0.15) is 12.0 Å². The lowest BCUT2D eigenvalue weighted by atomic mass is 10.2. The first kappa shape index (κ1) is 13.7. The van der Waals surface area contributed by atoms with E-state index >= 15 is 0 Å². The third-order valence-electron chi connectivity index (χ3n) is 1.65. The van der Waals surface area contributed by atoms with Gasteiger partial charge in [-0.1, -0.05) is 11.8 Å². The van der Waals surface area contributed by atoms with Crippen LogP contribution in [-0.2, 0) is 4.79 Å². The van der Waals surface area contributed by atoms with Crippen molar-refractivity contribution in [1.82, 2.24) is 0 Å². The molecule has 18 heavy (non-hydrogen) atoms. The van der Waals surface area contributed by atoms with Gasteiger partial charge >= 0.3 is 12.3 Å². The molecule has 0 aliphatic carbocycles. The maximum absolute atomic E-state index is 12.0. The summed E-state index contributed by atoms with van der Waals surface area (Å²) in [7, 11) is 0. The molecule has 0 aliphatic heterocycles. The summed E-state index contributed by atoms with van der Waals surface area (Å²) in [6.07, 6.45) is -5.42. The lowest BCUT2D eigenvalue weighted by Crippen LogP contribution is -2.17. The van der Waals surface area contributed by atoms with Crippen LogP contribution in [0.25, 0.3) is 0 Å². The molecule has 0 radical (unpaired) electrons. The molecule has 1 rings (SSSR count). The van der Waals surface area contributed by atoms with E-state index in [-0.39, 0.29) is 11.3 Å². The summed E-state index contributed by atoms with van der Waals surface area (Å²) in [6.45, 7) is 0. The Morgan fingerprint density at radius 3 is 2.61 bits per heavy atom. The van der Waals surface area contributed by atoms with Crippen LogP contribution in [0.5, 0.6) is 11.5 Å². The van der Waals surface area contributed by atoms with E-state index in [1.807, 2.05) is 0 Å². The molecule has 0 unspecified atom stereocenters. The van der Waals surface area contributed by atoms with Crippen molar-refractivity contribution in [1.29, 1.82) is 0 Å². The van der Waals surface area contributed by atoms with Gasteiger partial charge in [0.15, 0.2) is 0 Å². The second-order valence-electron chi connectivity index (χ2n) is 3.10. The van der Waals surface area contributed by atoms with Crippen LogP contribution in [0.3, 0.4) is 0 Å². The lowest BCUT2D eigenvalue weighted by molar-refractivity contribution is -0.274. The molecule has 0 saturated heterocycles. The van der Waals surface area contributed by atoms with E-state index < -0.39 is 24.5 Å². The number of halogens is 3. The Labute approximate surface area is 99.6 Å². The minimum absolute atomic E-state index is 0.242. The highest BCUT2D eigenvalue weighted by atomic mass is 19.4. The summed E-state index contributed by atoms with van der Waals surface area (Å²) < 4.78 is 39.8. The molecule has 2 N–H and O–H groups in total. The molecule has 7 heteroatoms. The summed E-state index contributed by atoms with van der Waals surface area (Å²) in [4.78, 5) is 10.2. The van der Waals surface area contributed by atoms with Crippen LogP contribution >= 0.6 is 0 Å². The van der Waals surface area contributed by atoms with Gasteiger partial charge in [-0.3, -0.25) is 4.79 Å². The van der Waals surface area contributed by atoms with Gasteiger partial charge in [-0.2, -0.15) is 0 Å². The first-order valence-corrected chi connectivity index (χ1v) is 4.57. The number of rotatable bonds is 2. The molecule has 0 fully saturated rings. The smallest absolute Gasteiger partial charge is 0.508 e. The van der Waals surface area contributed by atoms with E-state index in [1.54, 1.807) is 0 Å². The van der Waals surface area contributed by atoms with Crippen LogP contribution in [0.4, 0.5) is 13.2 Å². The quantitative estimate of drug-likeness (QED) is 0.799. The van der Waals surface area contributed by atoms with Crippen molar-refractivity contribution in [3.63, 3.8) is 0 Å². The number of alkyl halides is 3. The van der Waals surface area contributed by atoms with E-state index in [0.717, 1.165) is 18.2 Å². The zero-order valence-corrected chi connectivity index (χ0v) is 8.78. The molecule has 1 aromatic rings. The monoisotopic (exact) mass is 260 g/mol. The van der Waals surface area contributed by atoms with Crippen LogP contribution in [-0.4, -0.2) is 22.5 Å². The maximum atomic E-state index is 12.0. The Morgan fingerprint density at radius 1 is 1.39 bits per heavy atom. The van der Waals surface area contributed by atoms with Gasteiger partial charge in [0.05, 0.1) is 5.56 Å². The number of hydrogen-bond acceptors (Lipinski definition) is 3. The van der Waals surface area contributed by atoms with Crippen molar-refractivity contribution in [2.45, 2.75) is 12.8 Å². The van der Waals surface area contributed by atoms with Crippen LogP contribution in [0.15, 0.2) is 18.2 Å². The van der Waals surface area contributed by atoms with Crippen LogP contribution < -0.4 is 4.74 Å². The molecule has 0 saturated carbocycles. The third kappa shape index (κ3) is 4.65. The molecule has 0 amide bonds. The molecule has 0 heterocycles. The highest BCUT2D eigenvalue weighted by molar-refractivity contribution is 5.70.